The van der Waals surface area contributed by atoms with E-state index in [2.05, 4.69) is 10.3 Å². The topological polar surface area (TPSA) is 77.3 Å². The lowest BCUT2D eigenvalue weighted by molar-refractivity contribution is -0.384. The molecule has 1 saturated carbocycles. The summed E-state index contributed by atoms with van der Waals surface area (Å²) in [7, 11) is 1.49. The number of methoxy groups -OCH3 is 1. The Morgan fingerprint density at radius 1 is 1.59 bits per heavy atom. The maximum absolute atomic E-state index is 10.8. The van der Waals surface area contributed by atoms with Gasteiger partial charge in [-0.25, -0.2) is 0 Å². The number of aromatic nitrogens is 1. The molecule has 2 rings (SSSR count). The van der Waals surface area contributed by atoms with E-state index in [0.717, 1.165) is 6.54 Å². The van der Waals surface area contributed by atoms with Gasteiger partial charge in [0.25, 0.3) is 0 Å². The molecule has 0 atom stereocenters. The molecule has 6 heteroatoms. The van der Waals surface area contributed by atoms with Crippen molar-refractivity contribution in [1.82, 2.24) is 4.98 Å². The van der Waals surface area contributed by atoms with E-state index in [-0.39, 0.29) is 5.69 Å². The van der Waals surface area contributed by atoms with E-state index in [4.69, 9.17) is 4.74 Å². The largest absolute Gasteiger partial charge is 0.481 e. The van der Waals surface area contributed by atoms with Crippen molar-refractivity contribution < 1.29 is 9.66 Å². The molecule has 6 nitrogen and oxygen atoms in total. The Kier molecular flexibility index (Phi) is 3.41. The minimum absolute atomic E-state index is 0.00914. The molecule has 92 valence electrons. The summed E-state index contributed by atoms with van der Waals surface area (Å²) in [5.74, 6) is 1.29. The first kappa shape index (κ1) is 11.6. The lowest BCUT2D eigenvalue weighted by atomic mass is 9.85. The molecule has 1 heterocycles. The van der Waals surface area contributed by atoms with Gasteiger partial charge in [-0.1, -0.05) is 6.42 Å². The monoisotopic (exact) mass is 237 g/mol. The lowest BCUT2D eigenvalue weighted by Gasteiger charge is -2.25. The first-order valence-electron chi connectivity index (χ1n) is 5.64. The average Bonchev–Trinajstić information content (AvgIpc) is 2.26. The highest BCUT2D eigenvalue weighted by Crippen LogP contribution is 2.29. The molecule has 1 aromatic rings. The zero-order valence-corrected chi connectivity index (χ0v) is 9.68. The number of anilines is 1. The van der Waals surface area contributed by atoms with Crippen LogP contribution in [0.1, 0.15) is 19.3 Å². The van der Waals surface area contributed by atoms with E-state index in [0.29, 0.717) is 17.6 Å². The lowest BCUT2D eigenvalue weighted by Crippen LogP contribution is -2.21. The molecule has 17 heavy (non-hydrogen) atoms. The van der Waals surface area contributed by atoms with E-state index in [1.54, 1.807) is 0 Å². The van der Waals surface area contributed by atoms with E-state index in [1.807, 2.05) is 0 Å². The second kappa shape index (κ2) is 4.99. The highest BCUT2D eigenvalue weighted by atomic mass is 16.6. The van der Waals surface area contributed by atoms with Crippen LogP contribution in [0.4, 0.5) is 11.5 Å². The first-order chi connectivity index (χ1) is 8.20. The Hall–Kier alpha value is -1.85. The molecular weight excluding hydrogens is 222 g/mol. The van der Waals surface area contributed by atoms with Gasteiger partial charge in [0.05, 0.1) is 12.0 Å². The van der Waals surface area contributed by atoms with Crippen LogP contribution >= 0.6 is 0 Å². The minimum atomic E-state index is -0.435. The van der Waals surface area contributed by atoms with E-state index in [1.165, 1.54) is 38.5 Å². The number of hydrogen-bond donors (Lipinski definition) is 1. The summed E-state index contributed by atoms with van der Waals surface area (Å²) in [5, 5.41) is 13.9. The predicted molar refractivity (Wildman–Crippen MR) is 63.3 cm³/mol. The van der Waals surface area contributed by atoms with Crippen LogP contribution in [0.15, 0.2) is 12.1 Å². The SMILES string of the molecule is COc1ccc([N+](=O)[O-])c(NCC2CCC2)n1. The standard InChI is InChI=1S/C11H15N3O3/c1-17-10-6-5-9(14(15)16)11(13-10)12-7-8-3-2-4-8/h5-6,8H,2-4,7H2,1H3,(H,12,13). The maximum Gasteiger partial charge on any atom is 0.311 e. The Morgan fingerprint density at radius 3 is 2.88 bits per heavy atom. The zero-order valence-electron chi connectivity index (χ0n) is 9.68. The molecule has 1 aromatic heterocycles. The molecule has 1 aliphatic carbocycles. The van der Waals surface area contributed by atoms with Gasteiger partial charge >= 0.3 is 5.69 Å². The van der Waals surface area contributed by atoms with Crippen molar-refractivity contribution in [2.45, 2.75) is 19.3 Å². The predicted octanol–water partition coefficient (Wildman–Crippen LogP) is 2.21. The summed E-state index contributed by atoms with van der Waals surface area (Å²) >= 11 is 0. The Bertz CT molecular complexity index is 418. The van der Waals surface area contributed by atoms with Gasteiger partial charge in [0.15, 0.2) is 0 Å². The Balaban J connectivity index is 2.12. The highest BCUT2D eigenvalue weighted by molar-refractivity contribution is 5.57. The normalized spacial score (nSPS) is 15.1. The Labute approximate surface area is 99.2 Å². The quantitative estimate of drug-likeness (QED) is 0.627. The number of ether oxygens (including phenoxy) is 1. The van der Waals surface area contributed by atoms with Crippen LogP contribution in [-0.4, -0.2) is 23.6 Å². The van der Waals surface area contributed by atoms with Crippen LogP contribution in [0.5, 0.6) is 5.88 Å². The molecule has 0 amide bonds. The fraction of sp³-hybridized carbons (Fsp3) is 0.545. The van der Waals surface area contributed by atoms with Crippen LogP contribution in [0.3, 0.4) is 0 Å². The molecule has 1 aliphatic rings. The summed E-state index contributed by atoms with van der Waals surface area (Å²) in [6.07, 6.45) is 3.62. The molecule has 0 radical (unpaired) electrons. The van der Waals surface area contributed by atoms with E-state index in [9.17, 15) is 10.1 Å². The second-order valence-corrected chi connectivity index (χ2v) is 4.16. The van der Waals surface area contributed by atoms with E-state index < -0.39 is 4.92 Å². The van der Waals surface area contributed by atoms with Crippen molar-refractivity contribution in [3.05, 3.63) is 22.2 Å². The second-order valence-electron chi connectivity index (χ2n) is 4.16. The van der Waals surface area contributed by atoms with Gasteiger partial charge in [-0.05, 0) is 18.8 Å². The molecule has 0 aromatic carbocycles. The van der Waals surface area contributed by atoms with Crippen molar-refractivity contribution in [3.63, 3.8) is 0 Å². The summed E-state index contributed by atoms with van der Waals surface area (Å²) in [6.45, 7) is 0.737. The van der Waals surface area contributed by atoms with Gasteiger partial charge in [0.1, 0.15) is 0 Å². The number of pyridine rings is 1. The molecule has 0 bridgehead atoms. The summed E-state index contributed by atoms with van der Waals surface area (Å²) < 4.78 is 4.96. The third-order valence-corrected chi connectivity index (χ3v) is 3.04. The smallest absolute Gasteiger partial charge is 0.311 e. The third kappa shape index (κ3) is 2.64. The highest BCUT2D eigenvalue weighted by Gasteiger charge is 2.20. The van der Waals surface area contributed by atoms with Crippen molar-refractivity contribution in [2.75, 3.05) is 19.0 Å². The number of nitrogens with one attached hydrogen (secondary N) is 1. The van der Waals surface area contributed by atoms with Gasteiger partial charge in [-0.15, -0.1) is 0 Å². The van der Waals surface area contributed by atoms with Gasteiger partial charge in [0, 0.05) is 18.7 Å². The molecule has 1 fully saturated rings. The Morgan fingerprint density at radius 2 is 2.35 bits per heavy atom. The zero-order chi connectivity index (χ0) is 12.3. The number of nitro groups is 1. The summed E-state index contributed by atoms with van der Waals surface area (Å²) in [6, 6.07) is 2.90. The molecule has 0 aliphatic heterocycles. The van der Waals surface area contributed by atoms with Crippen molar-refractivity contribution in [1.29, 1.82) is 0 Å². The molecule has 1 N–H and O–H groups in total. The molecule has 0 saturated heterocycles. The molecule has 0 unspecified atom stereocenters. The number of nitrogens with zero attached hydrogens (tertiary/aromatic N) is 2. The average molecular weight is 237 g/mol. The van der Waals surface area contributed by atoms with Crippen molar-refractivity contribution in [2.24, 2.45) is 5.92 Å². The summed E-state index contributed by atoms with van der Waals surface area (Å²) in [5.41, 5.74) is -0.00914. The van der Waals surface area contributed by atoms with Gasteiger partial charge < -0.3 is 10.1 Å². The van der Waals surface area contributed by atoms with Crippen LogP contribution < -0.4 is 10.1 Å². The van der Waals surface area contributed by atoms with E-state index >= 15 is 0 Å². The number of hydrogen-bond acceptors (Lipinski definition) is 5. The number of rotatable bonds is 5. The van der Waals surface area contributed by atoms with Crippen LogP contribution in [0.2, 0.25) is 0 Å². The van der Waals surface area contributed by atoms with Crippen LogP contribution in [0, 0.1) is 16.0 Å². The third-order valence-electron chi connectivity index (χ3n) is 3.04. The van der Waals surface area contributed by atoms with Crippen LogP contribution in [-0.2, 0) is 0 Å². The van der Waals surface area contributed by atoms with Crippen molar-refractivity contribution >= 4 is 11.5 Å². The first-order valence-corrected chi connectivity index (χ1v) is 5.64. The molecule has 0 spiro atoms. The van der Waals surface area contributed by atoms with Gasteiger partial charge in [-0.2, -0.15) is 4.98 Å². The van der Waals surface area contributed by atoms with Crippen LogP contribution in [0.25, 0.3) is 0 Å². The fourth-order valence-corrected chi connectivity index (χ4v) is 1.76. The fourth-order valence-electron chi connectivity index (χ4n) is 1.76. The maximum atomic E-state index is 10.8. The van der Waals surface area contributed by atoms with Gasteiger partial charge in [-0.3, -0.25) is 10.1 Å². The minimum Gasteiger partial charge on any atom is -0.481 e. The van der Waals surface area contributed by atoms with Gasteiger partial charge in [0.2, 0.25) is 11.7 Å². The molecular formula is C11H15N3O3. The van der Waals surface area contributed by atoms with Crippen molar-refractivity contribution in [3.8, 4) is 5.88 Å². The summed E-state index contributed by atoms with van der Waals surface area (Å²) in [4.78, 5) is 14.5.